The summed E-state index contributed by atoms with van der Waals surface area (Å²) in [6.07, 6.45) is 3.25. The topological polar surface area (TPSA) is 88.3 Å². The Bertz CT molecular complexity index is 792. The van der Waals surface area contributed by atoms with Gasteiger partial charge in [-0.05, 0) is 38.1 Å². The summed E-state index contributed by atoms with van der Waals surface area (Å²) < 4.78 is 34.7. The van der Waals surface area contributed by atoms with Crippen molar-refractivity contribution in [3.63, 3.8) is 0 Å². The molecule has 29 heavy (non-hydrogen) atoms. The highest BCUT2D eigenvalue weighted by molar-refractivity contribution is 5.99. The molecule has 0 unspecified atom stereocenters. The lowest BCUT2D eigenvalue weighted by molar-refractivity contribution is -0.0498. The van der Waals surface area contributed by atoms with E-state index in [4.69, 9.17) is 4.74 Å². The van der Waals surface area contributed by atoms with E-state index in [1.54, 1.807) is 19.2 Å². The monoisotopic (exact) mass is 430 g/mol. The lowest BCUT2D eigenvalue weighted by atomic mass is 9.79. The first-order valence-electron chi connectivity index (χ1n) is 9.09. The number of nitrogens with zero attached hydrogens (tertiary/aromatic N) is 1. The number of amides is 1. The average molecular weight is 431 g/mol. The average Bonchev–Trinajstić information content (AvgIpc) is 3.17. The van der Waals surface area contributed by atoms with Crippen molar-refractivity contribution in [1.29, 1.82) is 0 Å². The van der Waals surface area contributed by atoms with Gasteiger partial charge in [0.25, 0.3) is 5.91 Å². The van der Waals surface area contributed by atoms with Gasteiger partial charge < -0.3 is 20.1 Å². The molecule has 3 N–H and O–H groups in total. The number of H-pyrrole nitrogens is 1. The Morgan fingerprint density at radius 2 is 2.10 bits per heavy atom. The van der Waals surface area contributed by atoms with Crippen LogP contribution in [0.3, 0.4) is 0 Å². The first-order chi connectivity index (χ1) is 13.5. The van der Waals surface area contributed by atoms with E-state index in [1.165, 1.54) is 18.3 Å². The smallest absolute Gasteiger partial charge is 0.387 e. The molecule has 1 fully saturated rings. The molecule has 10 heteroatoms. The number of carbonyl (C=O) groups is 1. The number of piperidine rings is 1. The van der Waals surface area contributed by atoms with E-state index in [-0.39, 0.29) is 29.5 Å². The van der Waals surface area contributed by atoms with Crippen molar-refractivity contribution >= 4 is 18.3 Å². The molecule has 1 aromatic heterocycles. The molecular formula is C19H25ClF2N4O3. The predicted octanol–water partition coefficient (Wildman–Crippen LogP) is 2.85. The molecule has 0 radical (unpaired) electrons. The van der Waals surface area contributed by atoms with Gasteiger partial charge in [0.05, 0.1) is 24.1 Å². The van der Waals surface area contributed by atoms with Gasteiger partial charge in [0.1, 0.15) is 5.75 Å². The number of hydrogen-bond donors (Lipinski definition) is 3. The van der Waals surface area contributed by atoms with Gasteiger partial charge in [0.15, 0.2) is 0 Å². The standard InChI is InChI=1S/C19H24F2N4O3.ClH/c1-27-12-19(5-7-22-8-6-19)11-23-17(26)15-10-24-25-16(15)13-3-2-4-14(9-13)28-18(20)21;/h2-4,9-10,18,22H,5-8,11-12H2,1H3,(H,23,26)(H,24,25);1H. The van der Waals surface area contributed by atoms with Crippen LogP contribution in [0.25, 0.3) is 11.3 Å². The zero-order valence-electron chi connectivity index (χ0n) is 16.0. The third-order valence-corrected chi connectivity index (χ3v) is 4.97. The molecule has 1 aromatic carbocycles. The van der Waals surface area contributed by atoms with Crippen molar-refractivity contribution in [2.75, 3.05) is 33.4 Å². The third-order valence-electron chi connectivity index (χ3n) is 4.97. The molecule has 7 nitrogen and oxygen atoms in total. The van der Waals surface area contributed by atoms with Crippen LogP contribution < -0.4 is 15.4 Å². The maximum atomic E-state index is 12.8. The number of ether oxygens (including phenoxy) is 2. The zero-order valence-corrected chi connectivity index (χ0v) is 16.9. The van der Waals surface area contributed by atoms with Crippen molar-refractivity contribution < 1.29 is 23.0 Å². The van der Waals surface area contributed by atoms with E-state index in [2.05, 4.69) is 25.6 Å². The normalized spacial score (nSPS) is 15.6. The number of aromatic nitrogens is 2. The van der Waals surface area contributed by atoms with Crippen LogP contribution in [0.1, 0.15) is 23.2 Å². The molecular weight excluding hydrogens is 406 g/mol. The Labute approximate surface area is 174 Å². The van der Waals surface area contributed by atoms with Gasteiger partial charge in [0.2, 0.25) is 0 Å². The fraction of sp³-hybridized carbons (Fsp3) is 0.474. The summed E-state index contributed by atoms with van der Waals surface area (Å²) in [6, 6.07) is 6.15. The van der Waals surface area contributed by atoms with E-state index in [0.717, 1.165) is 25.9 Å². The van der Waals surface area contributed by atoms with Crippen molar-refractivity contribution in [3.05, 3.63) is 36.0 Å². The maximum absolute atomic E-state index is 12.8. The summed E-state index contributed by atoms with van der Waals surface area (Å²) in [4.78, 5) is 12.8. The Balaban J connectivity index is 0.00000300. The first kappa shape index (κ1) is 23.1. The van der Waals surface area contributed by atoms with Crippen LogP contribution in [-0.2, 0) is 4.74 Å². The van der Waals surface area contributed by atoms with E-state index in [0.29, 0.717) is 30.0 Å². The van der Waals surface area contributed by atoms with Crippen molar-refractivity contribution in [2.24, 2.45) is 5.41 Å². The second kappa shape index (κ2) is 10.5. The van der Waals surface area contributed by atoms with Gasteiger partial charge in [0, 0.05) is 24.6 Å². The molecule has 0 bridgehead atoms. The SMILES string of the molecule is COCC1(CNC(=O)c2cn[nH]c2-c2cccc(OC(F)F)c2)CCNCC1.Cl. The lowest BCUT2D eigenvalue weighted by Gasteiger charge is -2.37. The Hall–Kier alpha value is -2.23. The number of methoxy groups -OCH3 is 1. The molecule has 2 heterocycles. The van der Waals surface area contributed by atoms with Crippen LogP contribution in [0.15, 0.2) is 30.5 Å². The second-order valence-electron chi connectivity index (χ2n) is 6.93. The van der Waals surface area contributed by atoms with Gasteiger partial charge in [-0.2, -0.15) is 13.9 Å². The number of carbonyl (C=O) groups excluding carboxylic acids is 1. The summed E-state index contributed by atoms with van der Waals surface area (Å²) >= 11 is 0. The van der Waals surface area contributed by atoms with E-state index in [9.17, 15) is 13.6 Å². The molecule has 0 spiro atoms. The summed E-state index contributed by atoms with van der Waals surface area (Å²) in [6.45, 7) is -0.0947. The highest BCUT2D eigenvalue weighted by Crippen LogP contribution is 2.29. The van der Waals surface area contributed by atoms with Crippen LogP contribution in [0.4, 0.5) is 8.78 Å². The van der Waals surface area contributed by atoms with Crippen LogP contribution in [0.2, 0.25) is 0 Å². The minimum absolute atomic E-state index is 0. The molecule has 1 saturated heterocycles. The van der Waals surface area contributed by atoms with Gasteiger partial charge >= 0.3 is 6.61 Å². The highest BCUT2D eigenvalue weighted by Gasteiger charge is 2.33. The second-order valence-corrected chi connectivity index (χ2v) is 6.93. The largest absolute Gasteiger partial charge is 0.435 e. The zero-order chi connectivity index (χ0) is 20.0. The number of benzene rings is 1. The number of alkyl halides is 2. The summed E-state index contributed by atoms with van der Waals surface area (Å²) in [5.41, 5.74) is 1.22. The van der Waals surface area contributed by atoms with Crippen LogP contribution in [0.5, 0.6) is 5.75 Å². The van der Waals surface area contributed by atoms with Gasteiger partial charge in [-0.15, -0.1) is 12.4 Å². The summed E-state index contributed by atoms with van der Waals surface area (Å²) in [7, 11) is 1.66. The number of aromatic amines is 1. The molecule has 1 amide bonds. The molecule has 0 aliphatic carbocycles. The van der Waals surface area contributed by atoms with Crippen LogP contribution in [0, 0.1) is 5.41 Å². The number of rotatable bonds is 8. The fourth-order valence-electron chi connectivity index (χ4n) is 3.50. The van der Waals surface area contributed by atoms with Gasteiger partial charge in [-0.25, -0.2) is 0 Å². The number of nitrogens with one attached hydrogen (secondary N) is 3. The van der Waals surface area contributed by atoms with Crippen LogP contribution in [-0.4, -0.2) is 56.1 Å². The molecule has 0 atom stereocenters. The minimum atomic E-state index is -2.92. The number of hydrogen-bond acceptors (Lipinski definition) is 5. The summed E-state index contributed by atoms with van der Waals surface area (Å²) in [5.74, 6) is -0.264. The van der Waals surface area contributed by atoms with Crippen molar-refractivity contribution in [3.8, 4) is 17.0 Å². The lowest BCUT2D eigenvalue weighted by Crippen LogP contribution is -2.47. The third kappa shape index (κ3) is 5.88. The number of halogens is 3. The molecule has 0 saturated carbocycles. The molecule has 160 valence electrons. The van der Waals surface area contributed by atoms with E-state index >= 15 is 0 Å². The highest BCUT2D eigenvalue weighted by atomic mass is 35.5. The van der Waals surface area contributed by atoms with Crippen molar-refractivity contribution in [1.82, 2.24) is 20.8 Å². The van der Waals surface area contributed by atoms with Crippen LogP contribution >= 0.6 is 12.4 Å². The van der Waals surface area contributed by atoms with Crippen molar-refractivity contribution in [2.45, 2.75) is 19.5 Å². The summed E-state index contributed by atoms with van der Waals surface area (Å²) in [5, 5.41) is 13.0. The van der Waals surface area contributed by atoms with E-state index < -0.39 is 6.61 Å². The quantitative estimate of drug-likeness (QED) is 0.599. The van der Waals surface area contributed by atoms with Gasteiger partial charge in [-0.1, -0.05) is 12.1 Å². The Kier molecular flexibility index (Phi) is 8.36. The minimum Gasteiger partial charge on any atom is -0.435 e. The predicted molar refractivity (Wildman–Crippen MR) is 107 cm³/mol. The fourth-order valence-corrected chi connectivity index (χ4v) is 3.50. The van der Waals surface area contributed by atoms with E-state index in [1.807, 2.05) is 0 Å². The Morgan fingerprint density at radius 3 is 2.79 bits per heavy atom. The first-order valence-corrected chi connectivity index (χ1v) is 9.09. The Morgan fingerprint density at radius 1 is 1.34 bits per heavy atom. The maximum Gasteiger partial charge on any atom is 0.387 e. The molecule has 2 aromatic rings. The molecule has 1 aliphatic heterocycles. The molecule has 1 aliphatic rings. The van der Waals surface area contributed by atoms with Gasteiger partial charge in [-0.3, -0.25) is 9.89 Å². The molecule has 3 rings (SSSR count).